The molecule has 1 rings (SSSR count). The third-order valence-corrected chi connectivity index (χ3v) is 2.52. The molecule has 0 radical (unpaired) electrons. The van der Waals surface area contributed by atoms with E-state index in [1.54, 1.807) is 11.9 Å². The van der Waals surface area contributed by atoms with Gasteiger partial charge in [0.25, 0.3) is 5.69 Å². The number of anilines is 1. The zero-order chi connectivity index (χ0) is 13.7. The minimum Gasteiger partial charge on any atom is -0.392 e. The summed E-state index contributed by atoms with van der Waals surface area (Å²) < 4.78 is 0. The van der Waals surface area contributed by atoms with Crippen molar-refractivity contribution < 1.29 is 14.8 Å². The summed E-state index contributed by atoms with van der Waals surface area (Å²) in [6, 6.07) is 4.16. The molecule has 0 heterocycles. The highest BCUT2D eigenvalue weighted by Gasteiger charge is 2.14. The van der Waals surface area contributed by atoms with Crippen LogP contribution >= 0.6 is 0 Å². The number of non-ortho nitro benzene ring substituents is 1. The van der Waals surface area contributed by atoms with Crippen LogP contribution in [0.1, 0.15) is 5.56 Å². The van der Waals surface area contributed by atoms with E-state index in [-0.39, 0.29) is 24.7 Å². The molecule has 7 heteroatoms. The second-order valence-corrected chi connectivity index (χ2v) is 3.76. The van der Waals surface area contributed by atoms with E-state index in [0.717, 1.165) is 0 Å². The van der Waals surface area contributed by atoms with Crippen molar-refractivity contribution in [2.24, 2.45) is 0 Å². The molecule has 0 saturated carbocycles. The molecule has 0 saturated heterocycles. The number of aliphatic hydroxyl groups excluding tert-OH is 1. The minimum absolute atomic E-state index is 0.0869. The number of nitro groups is 1. The summed E-state index contributed by atoms with van der Waals surface area (Å²) in [6.07, 6.45) is 0. The molecule has 1 amide bonds. The first-order valence-electron chi connectivity index (χ1n) is 5.29. The molecule has 0 aromatic heterocycles. The van der Waals surface area contributed by atoms with Crippen LogP contribution in [0.3, 0.4) is 0 Å². The van der Waals surface area contributed by atoms with Crippen molar-refractivity contribution >= 4 is 17.3 Å². The number of nitrogens with zero attached hydrogens (tertiary/aromatic N) is 2. The molecule has 1 aromatic carbocycles. The topological polar surface area (TPSA) is 95.7 Å². The Morgan fingerprint density at radius 2 is 2.22 bits per heavy atom. The number of aliphatic hydroxyl groups is 1. The smallest absolute Gasteiger partial charge is 0.269 e. The first-order valence-corrected chi connectivity index (χ1v) is 5.29. The van der Waals surface area contributed by atoms with Crippen LogP contribution in [-0.2, 0) is 11.4 Å². The van der Waals surface area contributed by atoms with Gasteiger partial charge in [-0.1, -0.05) is 0 Å². The Hall–Kier alpha value is -2.15. The number of nitro benzene ring substituents is 1. The van der Waals surface area contributed by atoms with Gasteiger partial charge >= 0.3 is 0 Å². The number of hydrogen-bond acceptors (Lipinski definition) is 5. The average Bonchev–Trinajstić information content (AvgIpc) is 2.37. The van der Waals surface area contributed by atoms with Crippen LogP contribution in [0.15, 0.2) is 18.2 Å². The quantitative estimate of drug-likeness (QED) is 0.580. The molecule has 0 bridgehead atoms. The summed E-state index contributed by atoms with van der Waals surface area (Å²) in [4.78, 5) is 23.0. The second kappa shape index (κ2) is 5.97. The van der Waals surface area contributed by atoms with E-state index in [0.29, 0.717) is 11.3 Å². The van der Waals surface area contributed by atoms with Crippen molar-refractivity contribution in [3.05, 3.63) is 33.9 Å². The van der Waals surface area contributed by atoms with E-state index in [9.17, 15) is 20.0 Å². The second-order valence-electron chi connectivity index (χ2n) is 3.76. The van der Waals surface area contributed by atoms with Gasteiger partial charge in [0.2, 0.25) is 5.91 Å². The van der Waals surface area contributed by atoms with Crippen molar-refractivity contribution in [1.29, 1.82) is 0 Å². The van der Waals surface area contributed by atoms with Crippen LogP contribution in [0.5, 0.6) is 0 Å². The van der Waals surface area contributed by atoms with Crippen LogP contribution in [0.25, 0.3) is 0 Å². The Bertz CT molecular complexity index is 462. The van der Waals surface area contributed by atoms with Gasteiger partial charge in [0.05, 0.1) is 18.1 Å². The number of benzene rings is 1. The zero-order valence-corrected chi connectivity index (χ0v) is 10.2. The fraction of sp³-hybridized carbons (Fsp3) is 0.364. The predicted octanol–water partition coefficient (Wildman–Crippen LogP) is 0.269. The van der Waals surface area contributed by atoms with Crippen molar-refractivity contribution in [3.8, 4) is 0 Å². The van der Waals surface area contributed by atoms with Gasteiger partial charge in [0.15, 0.2) is 0 Å². The number of carbonyl (C=O) groups excluding carboxylic acids is 1. The zero-order valence-electron chi connectivity index (χ0n) is 10.2. The normalized spacial score (nSPS) is 9.94. The molecule has 0 unspecified atom stereocenters. The number of hydrogen-bond donors (Lipinski definition) is 2. The molecule has 18 heavy (non-hydrogen) atoms. The van der Waals surface area contributed by atoms with E-state index < -0.39 is 4.92 Å². The largest absolute Gasteiger partial charge is 0.392 e. The Morgan fingerprint density at radius 1 is 1.56 bits per heavy atom. The van der Waals surface area contributed by atoms with E-state index in [2.05, 4.69) is 5.32 Å². The van der Waals surface area contributed by atoms with Crippen LogP contribution in [-0.4, -0.2) is 36.6 Å². The van der Waals surface area contributed by atoms with Crippen LogP contribution in [0.2, 0.25) is 0 Å². The molecule has 2 N–H and O–H groups in total. The first-order chi connectivity index (χ1) is 8.49. The Kier molecular flexibility index (Phi) is 4.61. The average molecular weight is 253 g/mol. The van der Waals surface area contributed by atoms with E-state index in [4.69, 9.17) is 0 Å². The lowest BCUT2D eigenvalue weighted by atomic mass is 10.1. The molecule has 0 aliphatic rings. The molecule has 0 fully saturated rings. The summed E-state index contributed by atoms with van der Waals surface area (Å²) in [5.74, 6) is -0.181. The van der Waals surface area contributed by atoms with Crippen molar-refractivity contribution in [3.63, 3.8) is 0 Å². The lowest BCUT2D eigenvalue weighted by Gasteiger charge is -2.20. The maximum atomic E-state index is 11.2. The summed E-state index contributed by atoms with van der Waals surface area (Å²) >= 11 is 0. The first kappa shape index (κ1) is 13.9. The van der Waals surface area contributed by atoms with Crippen molar-refractivity contribution in [2.75, 3.05) is 25.5 Å². The van der Waals surface area contributed by atoms with Crippen LogP contribution < -0.4 is 10.2 Å². The standard InChI is InChI=1S/C11H15N3O4/c1-12-11(16)6-13(2)10-4-3-9(14(17)18)5-8(10)7-15/h3-5,15H,6-7H2,1-2H3,(H,12,16). The summed E-state index contributed by atoms with van der Waals surface area (Å²) in [5.41, 5.74) is 0.915. The highest BCUT2D eigenvalue weighted by Crippen LogP contribution is 2.24. The molecular weight excluding hydrogens is 238 g/mol. The SMILES string of the molecule is CNC(=O)CN(C)c1ccc([N+](=O)[O-])cc1CO. The van der Waals surface area contributed by atoms with E-state index >= 15 is 0 Å². The van der Waals surface area contributed by atoms with Gasteiger partial charge in [-0.15, -0.1) is 0 Å². The Labute approximate surface area is 104 Å². The highest BCUT2D eigenvalue weighted by atomic mass is 16.6. The summed E-state index contributed by atoms with van der Waals surface area (Å²) in [6.45, 7) is -0.212. The van der Waals surface area contributed by atoms with Gasteiger partial charge < -0.3 is 15.3 Å². The van der Waals surface area contributed by atoms with Crippen LogP contribution in [0.4, 0.5) is 11.4 Å². The molecule has 98 valence electrons. The van der Waals surface area contributed by atoms with Crippen molar-refractivity contribution in [1.82, 2.24) is 5.32 Å². The number of amides is 1. The Balaban J connectivity index is 3.01. The van der Waals surface area contributed by atoms with E-state index in [1.165, 1.54) is 25.2 Å². The number of carbonyl (C=O) groups is 1. The third kappa shape index (κ3) is 3.17. The molecule has 0 aliphatic heterocycles. The summed E-state index contributed by atoms with van der Waals surface area (Å²) in [5, 5.41) is 22.3. The molecule has 0 spiro atoms. The number of nitrogens with one attached hydrogen (secondary N) is 1. The molecule has 0 aliphatic carbocycles. The van der Waals surface area contributed by atoms with Gasteiger partial charge in [-0.2, -0.15) is 0 Å². The van der Waals surface area contributed by atoms with Gasteiger partial charge in [-0.05, 0) is 6.07 Å². The monoisotopic (exact) mass is 253 g/mol. The lowest BCUT2D eigenvalue weighted by Crippen LogP contribution is -2.33. The van der Waals surface area contributed by atoms with Gasteiger partial charge in [-0.3, -0.25) is 14.9 Å². The number of likely N-dealkylation sites (N-methyl/N-ethyl adjacent to an activating group) is 2. The molecule has 7 nitrogen and oxygen atoms in total. The van der Waals surface area contributed by atoms with Gasteiger partial charge in [-0.25, -0.2) is 0 Å². The predicted molar refractivity (Wildman–Crippen MR) is 66.4 cm³/mol. The molecule has 1 aromatic rings. The molecule has 0 atom stereocenters. The maximum absolute atomic E-state index is 11.2. The van der Waals surface area contributed by atoms with Gasteiger partial charge in [0, 0.05) is 37.5 Å². The summed E-state index contributed by atoms with van der Waals surface area (Å²) in [7, 11) is 3.20. The van der Waals surface area contributed by atoms with Gasteiger partial charge in [0.1, 0.15) is 0 Å². The van der Waals surface area contributed by atoms with E-state index in [1.807, 2.05) is 0 Å². The molecular formula is C11H15N3O4. The van der Waals surface area contributed by atoms with Crippen molar-refractivity contribution in [2.45, 2.75) is 6.61 Å². The fourth-order valence-corrected chi connectivity index (χ4v) is 1.56. The minimum atomic E-state index is -0.526. The fourth-order valence-electron chi connectivity index (χ4n) is 1.56. The number of rotatable bonds is 5. The third-order valence-electron chi connectivity index (χ3n) is 2.52. The maximum Gasteiger partial charge on any atom is 0.269 e. The van der Waals surface area contributed by atoms with Crippen LogP contribution in [0, 0.1) is 10.1 Å². The highest BCUT2D eigenvalue weighted by molar-refractivity contribution is 5.81. The Morgan fingerprint density at radius 3 is 2.72 bits per heavy atom. The lowest BCUT2D eigenvalue weighted by molar-refractivity contribution is -0.384.